The summed E-state index contributed by atoms with van der Waals surface area (Å²) in [6.07, 6.45) is -1.79. The number of ketones is 1. The van der Waals surface area contributed by atoms with Crippen LogP contribution in [0.4, 0.5) is 0 Å². The molecule has 0 saturated heterocycles. The summed E-state index contributed by atoms with van der Waals surface area (Å²) in [6, 6.07) is 6.43. The molecule has 0 aromatic heterocycles. The minimum atomic E-state index is -1.16. The summed E-state index contributed by atoms with van der Waals surface area (Å²) in [6.45, 7) is 4.00. The van der Waals surface area contributed by atoms with Crippen molar-refractivity contribution in [3.8, 4) is 5.75 Å². The Kier molecular flexibility index (Phi) is 5.90. The first kappa shape index (κ1) is 16.7. The summed E-state index contributed by atoms with van der Waals surface area (Å²) < 4.78 is 5.46. The number of hydrogen-bond donors (Lipinski definition) is 2. The highest BCUT2D eigenvalue weighted by atomic mass is 16.5. The summed E-state index contributed by atoms with van der Waals surface area (Å²) >= 11 is 0. The van der Waals surface area contributed by atoms with Crippen LogP contribution in [0.15, 0.2) is 24.3 Å². The van der Waals surface area contributed by atoms with E-state index >= 15 is 0 Å². The van der Waals surface area contributed by atoms with Gasteiger partial charge < -0.3 is 14.9 Å². The van der Waals surface area contributed by atoms with E-state index in [4.69, 9.17) is 14.9 Å². The number of carbonyl (C=O) groups excluding carboxylic acids is 1. The van der Waals surface area contributed by atoms with Crippen LogP contribution in [0.5, 0.6) is 5.75 Å². The van der Waals surface area contributed by atoms with Crippen molar-refractivity contribution in [1.82, 2.24) is 0 Å². The van der Waals surface area contributed by atoms with Gasteiger partial charge in [0.15, 0.2) is 5.78 Å². The Morgan fingerprint density at radius 2 is 1.67 bits per heavy atom. The van der Waals surface area contributed by atoms with Gasteiger partial charge in [0.2, 0.25) is 0 Å². The Balaban J connectivity index is 0.00000106. The number of carbonyl (C=O) groups is 3. The molecule has 0 saturated carbocycles. The summed E-state index contributed by atoms with van der Waals surface area (Å²) in [5.41, 5.74) is 0.301. The van der Waals surface area contributed by atoms with Crippen LogP contribution in [-0.4, -0.2) is 34.0 Å². The fourth-order valence-electron chi connectivity index (χ4n) is 2.16. The lowest BCUT2D eigenvalue weighted by atomic mass is 9.85. The van der Waals surface area contributed by atoms with E-state index in [1.807, 2.05) is 13.8 Å². The van der Waals surface area contributed by atoms with Crippen molar-refractivity contribution in [2.45, 2.75) is 32.8 Å². The molecular weight excluding hydrogens is 276 g/mol. The molecule has 114 valence electrons. The standard InChI is InChI=1S/C13H12O6.C2H6/c14-11(15)5-8-10(6-12(16)17)19-9-4-2-1-3-7(9)13(8)18;1-2/h1-4,8,10H,5-6H2,(H,14,15)(H,16,17);1-2H3/t8-,10-;/m1./s1. The van der Waals surface area contributed by atoms with Crippen LogP contribution in [0, 0.1) is 5.92 Å². The topological polar surface area (TPSA) is 101 Å². The quantitative estimate of drug-likeness (QED) is 0.883. The molecule has 0 unspecified atom stereocenters. The average Bonchev–Trinajstić information content (AvgIpc) is 2.44. The van der Waals surface area contributed by atoms with E-state index in [0.717, 1.165) is 0 Å². The van der Waals surface area contributed by atoms with E-state index in [1.165, 1.54) is 0 Å². The van der Waals surface area contributed by atoms with Gasteiger partial charge in [0.1, 0.15) is 11.9 Å². The van der Waals surface area contributed by atoms with Gasteiger partial charge in [-0.05, 0) is 12.1 Å². The summed E-state index contributed by atoms with van der Waals surface area (Å²) in [5.74, 6) is -3.33. The third-order valence-electron chi connectivity index (χ3n) is 2.99. The van der Waals surface area contributed by atoms with Gasteiger partial charge in [0, 0.05) is 0 Å². The molecule has 6 heteroatoms. The monoisotopic (exact) mass is 294 g/mol. The van der Waals surface area contributed by atoms with Gasteiger partial charge in [0.05, 0.1) is 24.3 Å². The van der Waals surface area contributed by atoms with Gasteiger partial charge in [-0.15, -0.1) is 0 Å². The molecule has 0 aliphatic carbocycles. The summed E-state index contributed by atoms with van der Waals surface area (Å²) in [7, 11) is 0. The lowest BCUT2D eigenvalue weighted by Crippen LogP contribution is -2.40. The lowest BCUT2D eigenvalue weighted by molar-refractivity contribution is -0.142. The van der Waals surface area contributed by atoms with Gasteiger partial charge in [-0.25, -0.2) is 0 Å². The molecule has 6 nitrogen and oxygen atoms in total. The Hall–Kier alpha value is -2.37. The SMILES string of the molecule is CC.O=C(O)C[C@H]1Oc2ccccc2C(=O)[C@@H]1CC(=O)O. The smallest absolute Gasteiger partial charge is 0.307 e. The number of carboxylic acid groups (broad SMARTS) is 2. The van der Waals surface area contributed by atoms with Gasteiger partial charge in [0.25, 0.3) is 0 Å². The molecule has 0 amide bonds. The molecule has 0 radical (unpaired) electrons. The van der Waals surface area contributed by atoms with Crippen LogP contribution in [0.1, 0.15) is 37.0 Å². The number of Topliss-reactive ketones (excluding diaryl/α,β-unsaturated/α-hetero) is 1. The van der Waals surface area contributed by atoms with Gasteiger partial charge in [-0.3, -0.25) is 14.4 Å². The predicted octanol–water partition coefficient (Wildman–Crippen LogP) is 2.22. The molecule has 0 fully saturated rings. The molecule has 0 spiro atoms. The maximum absolute atomic E-state index is 12.2. The first-order valence-electron chi connectivity index (χ1n) is 6.72. The molecule has 2 atom stereocenters. The highest BCUT2D eigenvalue weighted by Gasteiger charge is 2.39. The van der Waals surface area contributed by atoms with Crippen LogP contribution in [0.2, 0.25) is 0 Å². The number of rotatable bonds is 4. The zero-order valence-corrected chi connectivity index (χ0v) is 11.9. The van der Waals surface area contributed by atoms with Crippen molar-refractivity contribution in [1.29, 1.82) is 0 Å². The number of carboxylic acids is 2. The zero-order valence-electron chi connectivity index (χ0n) is 11.9. The number of ether oxygens (including phenoxy) is 1. The van der Waals surface area contributed by atoms with Crippen molar-refractivity contribution in [2.75, 3.05) is 0 Å². The fraction of sp³-hybridized carbons (Fsp3) is 0.400. The summed E-state index contributed by atoms with van der Waals surface area (Å²) in [4.78, 5) is 33.8. The number of benzene rings is 1. The number of fused-ring (bicyclic) bond motifs is 1. The van der Waals surface area contributed by atoms with E-state index in [-0.39, 0.29) is 5.78 Å². The molecule has 1 aromatic carbocycles. The van der Waals surface area contributed by atoms with Crippen molar-refractivity contribution < 1.29 is 29.3 Å². The Morgan fingerprint density at radius 1 is 1.10 bits per heavy atom. The number of para-hydroxylation sites is 1. The third kappa shape index (κ3) is 4.05. The van der Waals surface area contributed by atoms with Crippen molar-refractivity contribution >= 4 is 17.7 Å². The number of aliphatic carboxylic acids is 2. The maximum atomic E-state index is 12.2. The molecule has 1 heterocycles. The van der Waals surface area contributed by atoms with Crippen LogP contribution in [0.25, 0.3) is 0 Å². The third-order valence-corrected chi connectivity index (χ3v) is 2.99. The second-order valence-electron chi connectivity index (χ2n) is 4.32. The van der Waals surface area contributed by atoms with Crippen LogP contribution >= 0.6 is 0 Å². The lowest BCUT2D eigenvalue weighted by Gasteiger charge is -2.30. The van der Waals surface area contributed by atoms with E-state index in [1.54, 1.807) is 24.3 Å². The average molecular weight is 294 g/mol. The molecule has 2 N–H and O–H groups in total. The van der Waals surface area contributed by atoms with E-state index in [9.17, 15) is 14.4 Å². The second kappa shape index (κ2) is 7.42. The first-order valence-corrected chi connectivity index (χ1v) is 6.72. The highest BCUT2D eigenvalue weighted by molar-refractivity contribution is 6.03. The molecular formula is C15H18O6. The molecule has 2 rings (SSSR count). The largest absolute Gasteiger partial charge is 0.488 e. The van der Waals surface area contributed by atoms with Crippen molar-refractivity contribution in [3.05, 3.63) is 29.8 Å². The Morgan fingerprint density at radius 3 is 2.24 bits per heavy atom. The molecule has 1 aliphatic heterocycles. The normalized spacial score (nSPS) is 19.6. The fourth-order valence-corrected chi connectivity index (χ4v) is 2.16. The van der Waals surface area contributed by atoms with E-state index < -0.39 is 36.8 Å². The summed E-state index contributed by atoms with van der Waals surface area (Å²) in [5, 5.41) is 17.6. The van der Waals surface area contributed by atoms with Gasteiger partial charge in [-0.1, -0.05) is 26.0 Å². The molecule has 21 heavy (non-hydrogen) atoms. The molecule has 1 aromatic rings. The second-order valence-corrected chi connectivity index (χ2v) is 4.32. The predicted molar refractivity (Wildman–Crippen MR) is 74.5 cm³/mol. The number of hydrogen-bond acceptors (Lipinski definition) is 4. The minimum Gasteiger partial charge on any atom is -0.488 e. The highest BCUT2D eigenvalue weighted by Crippen LogP contribution is 2.33. The molecule has 0 bridgehead atoms. The van der Waals surface area contributed by atoms with E-state index in [2.05, 4.69) is 0 Å². The van der Waals surface area contributed by atoms with Gasteiger partial charge in [-0.2, -0.15) is 0 Å². The van der Waals surface area contributed by atoms with Crippen LogP contribution in [-0.2, 0) is 9.59 Å². The minimum absolute atomic E-state index is 0.301. The zero-order chi connectivity index (χ0) is 16.0. The van der Waals surface area contributed by atoms with Crippen LogP contribution < -0.4 is 4.74 Å². The van der Waals surface area contributed by atoms with Crippen LogP contribution in [0.3, 0.4) is 0 Å². The Labute approximate surface area is 122 Å². The van der Waals surface area contributed by atoms with Crippen molar-refractivity contribution in [2.24, 2.45) is 5.92 Å². The first-order chi connectivity index (χ1) is 9.99. The maximum Gasteiger partial charge on any atom is 0.307 e. The van der Waals surface area contributed by atoms with Crippen molar-refractivity contribution in [3.63, 3.8) is 0 Å². The molecule has 1 aliphatic rings. The Bertz CT molecular complexity index is 537. The van der Waals surface area contributed by atoms with E-state index in [0.29, 0.717) is 11.3 Å². The van der Waals surface area contributed by atoms with Gasteiger partial charge >= 0.3 is 11.9 Å².